The predicted octanol–water partition coefficient (Wildman–Crippen LogP) is 8.15. The molecule has 4 heterocycles. The minimum atomic E-state index is -0.442. The Bertz CT molecular complexity index is 1850. The van der Waals surface area contributed by atoms with E-state index in [-0.39, 0.29) is 43.0 Å². The normalized spacial score (nSPS) is 19.9. The number of hydrogen-bond acceptors (Lipinski definition) is 5. The molecule has 3 aromatic carbocycles. The summed E-state index contributed by atoms with van der Waals surface area (Å²) < 4.78 is 26.9. The Hall–Kier alpha value is -4.90. The number of anilines is 3. The number of amides is 4. The van der Waals surface area contributed by atoms with Crippen molar-refractivity contribution in [1.29, 1.82) is 0 Å². The van der Waals surface area contributed by atoms with Gasteiger partial charge < -0.3 is 25.0 Å². The highest BCUT2D eigenvalue weighted by molar-refractivity contribution is 5.99. The number of aromatic nitrogens is 2. The summed E-state index contributed by atoms with van der Waals surface area (Å²) in [7, 11) is 0. The van der Waals surface area contributed by atoms with E-state index in [1.54, 1.807) is 4.68 Å². The number of nitrogens with zero attached hydrogens (tertiary/aromatic N) is 3. The second kappa shape index (κ2) is 13.2. The van der Waals surface area contributed by atoms with Crippen molar-refractivity contribution < 1.29 is 23.5 Å². The number of carbonyl (C=O) groups is 2. The molecule has 2 bridgehead atoms. The minimum Gasteiger partial charge on any atom is -0.465 e. The van der Waals surface area contributed by atoms with Crippen molar-refractivity contribution in [3.8, 4) is 11.4 Å². The molecular formula is C38H43FN6O4. The fourth-order valence-electron chi connectivity index (χ4n) is 7.35. The van der Waals surface area contributed by atoms with E-state index in [0.29, 0.717) is 34.4 Å². The molecule has 1 aromatic heterocycles. The van der Waals surface area contributed by atoms with Gasteiger partial charge in [0.05, 0.1) is 23.7 Å². The molecule has 2 unspecified atom stereocenters. The van der Waals surface area contributed by atoms with Gasteiger partial charge in [0.1, 0.15) is 11.6 Å². The van der Waals surface area contributed by atoms with Gasteiger partial charge >= 0.3 is 12.1 Å². The van der Waals surface area contributed by atoms with Crippen LogP contribution in [0.1, 0.15) is 68.8 Å². The van der Waals surface area contributed by atoms with E-state index in [4.69, 9.17) is 14.6 Å². The van der Waals surface area contributed by atoms with Crippen LogP contribution in [0, 0.1) is 18.7 Å². The average Bonchev–Trinajstić information content (AvgIpc) is 3.60. The molecule has 3 aliphatic rings. The molecule has 0 spiro atoms. The molecule has 7 rings (SSSR count). The van der Waals surface area contributed by atoms with E-state index in [0.717, 1.165) is 54.6 Å². The molecule has 10 nitrogen and oxygen atoms in total. The van der Waals surface area contributed by atoms with Crippen LogP contribution in [0.25, 0.3) is 5.69 Å². The van der Waals surface area contributed by atoms with Crippen LogP contribution in [-0.4, -0.2) is 45.6 Å². The van der Waals surface area contributed by atoms with Crippen molar-refractivity contribution >= 4 is 29.3 Å². The lowest BCUT2D eigenvalue weighted by atomic mass is 9.86. The van der Waals surface area contributed by atoms with Crippen molar-refractivity contribution in [2.24, 2.45) is 5.92 Å². The number of aryl methyl sites for hydroxylation is 1. The first-order valence-corrected chi connectivity index (χ1v) is 17.0. The molecule has 0 aliphatic carbocycles. The third kappa shape index (κ3) is 7.12. The van der Waals surface area contributed by atoms with Gasteiger partial charge in [-0.25, -0.2) is 18.7 Å². The second-order valence-corrected chi connectivity index (χ2v) is 14.5. The van der Waals surface area contributed by atoms with E-state index >= 15 is 0 Å². The smallest absolute Gasteiger partial charge is 0.324 e. The van der Waals surface area contributed by atoms with Crippen molar-refractivity contribution in [2.75, 3.05) is 22.7 Å². The quantitative estimate of drug-likeness (QED) is 0.193. The molecule has 11 heteroatoms. The lowest BCUT2D eigenvalue weighted by Crippen LogP contribution is -2.48. The molecule has 2 fully saturated rings. The lowest BCUT2D eigenvalue weighted by Gasteiger charge is -2.39. The summed E-state index contributed by atoms with van der Waals surface area (Å²) in [6.07, 6.45) is 4.50. The van der Waals surface area contributed by atoms with Crippen LogP contribution in [0.5, 0.6) is 5.75 Å². The predicted molar refractivity (Wildman–Crippen MR) is 187 cm³/mol. The van der Waals surface area contributed by atoms with Gasteiger partial charge in [-0.05, 0) is 80.8 Å². The number of halogens is 1. The summed E-state index contributed by atoms with van der Waals surface area (Å²) in [6.45, 7) is 8.63. The first-order chi connectivity index (χ1) is 23.5. The van der Waals surface area contributed by atoms with Gasteiger partial charge in [-0.15, -0.1) is 0 Å². The Morgan fingerprint density at radius 1 is 0.959 bits per heavy atom. The number of piperidine rings is 1. The zero-order valence-corrected chi connectivity index (χ0v) is 28.4. The van der Waals surface area contributed by atoms with Crippen molar-refractivity contribution in [2.45, 2.75) is 83.9 Å². The third-order valence-corrected chi connectivity index (χ3v) is 9.69. The SMILES string of the molecule is Cc1ccc(-n2nc(C(C)(C)C)cc2NC(=O)Nc2cccc(CC3CC4CCC(C3)N4C(=O)Nc3cc(F)cc4c3OCOC4)c2)cc1. The summed E-state index contributed by atoms with van der Waals surface area (Å²) in [6, 6.07) is 20.3. The van der Waals surface area contributed by atoms with Crippen LogP contribution < -0.4 is 20.7 Å². The Labute approximate surface area is 286 Å². The van der Waals surface area contributed by atoms with Crippen molar-refractivity contribution in [1.82, 2.24) is 14.7 Å². The number of benzene rings is 3. The highest BCUT2D eigenvalue weighted by atomic mass is 19.1. The van der Waals surface area contributed by atoms with Gasteiger partial charge in [-0.2, -0.15) is 5.10 Å². The molecule has 49 heavy (non-hydrogen) atoms. The highest BCUT2D eigenvalue weighted by Gasteiger charge is 2.43. The Kier molecular flexibility index (Phi) is 8.79. The number of fused-ring (bicyclic) bond motifs is 3. The molecule has 3 aliphatic heterocycles. The molecule has 3 N–H and O–H groups in total. The average molecular weight is 667 g/mol. The number of carbonyl (C=O) groups excluding carboxylic acids is 2. The summed E-state index contributed by atoms with van der Waals surface area (Å²) in [5, 5.41) is 13.8. The number of urea groups is 2. The van der Waals surface area contributed by atoms with Crippen LogP contribution in [-0.2, 0) is 23.2 Å². The summed E-state index contributed by atoms with van der Waals surface area (Å²) in [5.74, 6) is 1.01. The van der Waals surface area contributed by atoms with Crippen LogP contribution >= 0.6 is 0 Å². The molecule has 4 amide bonds. The Balaban J connectivity index is 0.985. The third-order valence-electron chi connectivity index (χ3n) is 9.69. The fourth-order valence-corrected chi connectivity index (χ4v) is 7.35. The van der Waals surface area contributed by atoms with E-state index in [2.05, 4.69) is 42.8 Å². The molecule has 256 valence electrons. The monoisotopic (exact) mass is 666 g/mol. The largest absolute Gasteiger partial charge is 0.465 e. The zero-order valence-electron chi connectivity index (χ0n) is 28.4. The maximum atomic E-state index is 14.3. The van der Waals surface area contributed by atoms with Crippen molar-refractivity contribution in [3.63, 3.8) is 0 Å². The van der Waals surface area contributed by atoms with E-state index in [9.17, 15) is 14.0 Å². The van der Waals surface area contributed by atoms with Gasteiger partial charge in [0.2, 0.25) is 0 Å². The number of hydrogen-bond donors (Lipinski definition) is 3. The van der Waals surface area contributed by atoms with Gasteiger partial charge in [-0.3, -0.25) is 5.32 Å². The number of rotatable bonds is 6. The van der Waals surface area contributed by atoms with E-state index < -0.39 is 5.82 Å². The van der Waals surface area contributed by atoms with E-state index in [1.807, 2.05) is 60.4 Å². The maximum Gasteiger partial charge on any atom is 0.324 e. The van der Waals surface area contributed by atoms with Crippen LogP contribution in [0.3, 0.4) is 0 Å². The molecule has 4 aromatic rings. The molecule has 2 atom stereocenters. The Morgan fingerprint density at radius 3 is 2.45 bits per heavy atom. The molecule has 0 radical (unpaired) electrons. The van der Waals surface area contributed by atoms with Gasteiger partial charge in [0.15, 0.2) is 12.5 Å². The van der Waals surface area contributed by atoms with Crippen LogP contribution in [0.2, 0.25) is 0 Å². The fraction of sp³-hybridized carbons (Fsp3) is 0.395. The minimum absolute atomic E-state index is 0.0670. The summed E-state index contributed by atoms with van der Waals surface area (Å²) in [4.78, 5) is 28.7. The Morgan fingerprint density at radius 2 is 1.71 bits per heavy atom. The summed E-state index contributed by atoms with van der Waals surface area (Å²) >= 11 is 0. The van der Waals surface area contributed by atoms with Crippen LogP contribution in [0.4, 0.5) is 31.2 Å². The van der Waals surface area contributed by atoms with Gasteiger partial charge in [0, 0.05) is 40.9 Å². The summed E-state index contributed by atoms with van der Waals surface area (Å²) in [5.41, 5.74) is 5.46. The van der Waals surface area contributed by atoms with Gasteiger partial charge in [-0.1, -0.05) is 50.6 Å². The first kappa shape index (κ1) is 32.6. The zero-order chi connectivity index (χ0) is 34.3. The van der Waals surface area contributed by atoms with Gasteiger partial charge in [0.25, 0.3) is 0 Å². The van der Waals surface area contributed by atoms with Crippen LogP contribution in [0.15, 0.2) is 66.7 Å². The topological polar surface area (TPSA) is 110 Å². The van der Waals surface area contributed by atoms with Crippen molar-refractivity contribution in [3.05, 3.63) is 94.9 Å². The first-order valence-electron chi connectivity index (χ1n) is 17.0. The molecular weight excluding hydrogens is 623 g/mol. The number of ether oxygens (including phenoxy) is 2. The standard InChI is InChI=1S/C38H43FN6O4/c1-23-8-10-29(11-9-23)45-34(20-33(43-45)38(2,3)4)42-36(46)40-28-7-5-6-24(15-28)14-25-16-30-12-13-31(17-25)44(30)37(47)41-32-19-27(39)18-26-21-48-22-49-35(26)32/h5-11,15,18-20,25,30-31H,12-14,16-17,21-22H2,1-4H3,(H,41,47)(H2,40,42,46). The van der Waals surface area contributed by atoms with E-state index in [1.165, 1.54) is 12.1 Å². The second-order valence-electron chi connectivity index (χ2n) is 14.5. The number of nitrogens with one attached hydrogen (secondary N) is 3. The molecule has 2 saturated heterocycles. The maximum absolute atomic E-state index is 14.3. The highest BCUT2D eigenvalue weighted by Crippen LogP contribution is 2.41. The molecule has 0 saturated carbocycles. The lowest BCUT2D eigenvalue weighted by molar-refractivity contribution is -0.0160.